The normalized spacial score (nSPS) is 19.3. The van der Waals surface area contributed by atoms with E-state index in [9.17, 15) is 4.79 Å². The third-order valence-electron chi connectivity index (χ3n) is 6.55. The second-order valence-corrected chi connectivity index (χ2v) is 10.2. The highest BCUT2D eigenvalue weighted by Crippen LogP contribution is 2.53. The molecule has 0 aromatic heterocycles. The average Bonchev–Trinajstić information content (AvgIpc) is 2.77. The van der Waals surface area contributed by atoms with Gasteiger partial charge in [0.25, 0.3) is 0 Å². The number of Topliss-reactive ketones (excluding diaryl/α,β-unsaturated/α-hetero) is 1. The van der Waals surface area contributed by atoms with Crippen molar-refractivity contribution in [1.29, 1.82) is 0 Å². The molecule has 0 spiro atoms. The van der Waals surface area contributed by atoms with Crippen LogP contribution in [0.5, 0.6) is 11.5 Å². The van der Waals surface area contributed by atoms with Crippen LogP contribution in [-0.2, 0) is 4.79 Å². The number of fused-ring (bicyclic) bond motifs is 4. The summed E-state index contributed by atoms with van der Waals surface area (Å²) in [7, 11) is 3.25. The molecule has 0 bridgehead atoms. The Balaban J connectivity index is 1.79. The molecule has 3 aromatic carbocycles. The highest BCUT2D eigenvalue weighted by Gasteiger charge is 2.41. The number of hydrogen-bond donors (Lipinski definition) is 1. The van der Waals surface area contributed by atoms with Gasteiger partial charge in [0.15, 0.2) is 17.3 Å². The number of nitrogens with one attached hydrogen (secondary N) is 1. The largest absolute Gasteiger partial charge is 0.493 e. The van der Waals surface area contributed by atoms with Crippen LogP contribution in [0.2, 0.25) is 0 Å². The summed E-state index contributed by atoms with van der Waals surface area (Å²) < 4.78 is 11.9. The number of anilines is 1. The summed E-state index contributed by atoms with van der Waals surface area (Å²) in [6, 6.07) is 16.3. The summed E-state index contributed by atoms with van der Waals surface area (Å²) in [6.07, 6.45) is 1.40. The quantitative estimate of drug-likeness (QED) is 0.431. The number of ketones is 1. The Bertz CT molecular complexity index is 1290. The number of carbonyl (C=O) groups is 1. The molecule has 2 aliphatic rings. The third kappa shape index (κ3) is 3.30. The summed E-state index contributed by atoms with van der Waals surface area (Å²) in [5.74, 6) is 1.49. The Morgan fingerprint density at radius 1 is 1.00 bits per heavy atom. The second-order valence-electron chi connectivity index (χ2n) is 9.35. The van der Waals surface area contributed by atoms with E-state index in [1.54, 1.807) is 14.2 Å². The van der Waals surface area contributed by atoms with Crippen LogP contribution in [0.25, 0.3) is 16.3 Å². The maximum atomic E-state index is 13.6. The molecule has 1 N–H and O–H groups in total. The van der Waals surface area contributed by atoms with Gasteiger partial charge in [-0.15, -0.1) is 0 Å². The maximum absolute atomic E-state index is 13.6. The number of ether oxygens (including phenoxy) is 2. The van der Waals surface area contributed by atoms with E-state index in [1.165, 1.54) is 10.8 Å². The van der Waals surface area contributed by atoms with Crippen molar-refractivity contribution >= 4 is 43.7 Å². The van der Waals surface area contributed by atoms with Crippen LogP contribution in [-0.4, -0.2) is 20.0 Å². The molecule has 5 heteroatoms. The van der Waals surface area contributed by atoms with Gasteiger partial charge in [0.2, 0.25) is 0 Å². The molecule has 32 heavy (non-hydrogen) atoms. The zero-order valence-corrected chi connectivity index (χ0v) is 20.3. The summed E-state index contributed by atoms with van der Waals surface area (Å²) in [5, 5.41) is 6.05. The lowest BCUT2D eigenvalue weighted by molar-refractivity contribution is -0.118. The van der Waals surface area contributed by atoms with Crippen molar-refractivity contribution in [2.45, 2.75) is 32.7 Å². The standard InChI is InChI=1S/C27H26BrNO3/c1-27(2)13-18-24-16-8-6-5-7-15(16)9-10-20(24)29-26(25(18)21(30)14-27)17-11-22(31-3)23(32-4)12-19(17)28/h5-12,26,29H,13-14H2,1-4H3/t26-/m1/s1. The lowest BCUT2D eigenvalue weighted by atomic mass is 9.68. The van der Waals surface area contributed by atoms with Crippen LogP contribution in [0.1, 0.15) is 43.9 Å². The van der Waals surface area contributed by atoms with Gasteiger partial charge in [0.05, 0.1) is 20.3 Å². The number of halogens is 1. The summed E-state index contributed by atoms with van der Waals surface area (Å²) in [6.45, 7) is 4.37. The van der Waals surface area contributed by atoms with Gasteiger partial charge in [-0.1, -0.05) is 60.1 Å². The van der Waals surface area contributed by atoms with E-state index in [1.807, 2.05) is 12.1 Å². The fourth-order valence-electron chi connectivity index (χ4n) is 5.16. The van der Waals surface area contributed by atoms with E-state index in [0.717, 1.165) is 38.9 Å². The van der Waals surface area contributed by atoms with Gasteiger partial charge < -0.3 is 14.8 Å². The fraction of sp³-hybridized carbons (Fsp3) is 0.296. The molecular weight excluding hydrogens is 466 g/mol. The van der Waals surface area contributed by atoms with E-state index >= 15 is 0 Å². The van der Waals surface area contributed by atoms with Crippen LogP contribution in [0.4, 0.5) is 5.69 Å². The molecule has 3 aromatic rings. The molecule has 0 amide bonds. The Morgan fingerprint density at radius 3 is 2.47 bits per heavy atom. The zero-order valence-electron chi connectivity index (χ0n) is 18.7. The predicted octanol–water partition coefficient (Wildman–Crippen LogP) is 6.93. The van der Waals surface area contributed by atoms with E-state index in [0.29, 0.717) is 17.9 Å². The molecular formula is C27H26BrNO3. The van der Waals surface area contributed by atoms with Crippen LogP contribution < -0.4 is 14.8 Å². The second kappa shape index (κ2) is 7.66. The molecule has 1 aliphatic heterocycles. The molecule has 0 fully saturated rings. The van der Waals surface area contributed by atoms with Gasteiger partial charge in [-0.25, -0.2) is 0 Å². The van der Waals surface area contributed by atoms with Crippen molar-refractivity contribution in [2.75, 3.05) is 19.5 Å². The first-order chi connectivity index (χ1) is 15.3. The summed E-state index contributed by atoms with van der Waals surface area (Å²) >= 11 is 3.72. The first kappa shape index (κ1) is 21.1. The minimum absolute atomic E-state index is 0.0825. The first-order valence-electron chi connectivity index (χ1n) is 10.8. The van der Waals surface area contributed by atoms with E-state index < -0.39 is 0 Å². The van der Waals surface area contributed by atoms with E-state index in [2.05, 4.69) is 71.5 Å². The predicted molar refractivity (Wildman–Crippen MR) is 132 cm³/mol. The summed E-state index contributed by atoms with van der Waals surface area (Å²) in [5.41, 5.74) is 5.11. The summed E-state index contributed by atoms with van der Waals surface area (Å²) in [4.78, 5) is 13.6. The number of benzene rings is 3. The van der Waals surface area contributed by atoms with Crippen molar-refractivity contribution in [2.24, 2.45) is 5.41 Å². The monoisotopic (exact) mass is 491 g/mol. The molecule has 0 unspecified atom stereocenters. The Kier molecular flexibility index (Phi) is 5.05. The zero-order chi connectivity index (χ0) is 22.6. The molecule has 1 aliphatic carbocycles. The molecule has 5 rings (SSSR count). The van der Waals surface area contributed by atoms with Crippen molar-refractivity contribution in [3.63, 3.8) is 0 Å². The molecule has 0 saturated heterocycles. The van der Waals surface area contributed by atoms with Gasteiger partial charge >= 0.3 is 0 Å². The minimum atomic E-state index is -0.267. The fourth-order valence-corrected chi connectivity index (χ4v) is 5.71. The lowest BCUT2D eigenvalue weighted by Crippen LogP contribution is -2.33. The maximum Gasteiger partial charge on any atom is 0.162 e. The molecule has 1 atom stereocenters. The van der Waals surface area contributed by atoms with E-state index in [-0.39, 0.29) is 17.2 Å². The first-order valence-corrected chi connectivity index (χ1v) is 11.6. The number of carbonyl (C=O) groups excluding carboxylic acids is 1. The Hall–Kier alpha value is -2.79. The number of hydrogen-bond acceptors (Lipinski definition) is 4. The van der Waals surface area contributed by atoms with Crippen molar-refractivity contribution in [3.8, 4) is 11.5 Å². The van der Waals surface area contributed by atoms with Crippen molar-refractivity contribution in [1.82, 2.24) is 0 Å². The number of rotatable bonds is 3. The average molecular weight is 492 g/mol. The third-order valence-corrected chi connectivity index (χ3v) is 7.24. The molecule has 164 valence electrons. The van der Waals surface area contributed by atoms with Crippen LogP contribution >= 0.6 is 15.9 Å². The SMILES string of the molecule is COc1cc(Br)c([C@H]2Nc3ccc4ccccc4c3C3=C2C(=O)CC(C)(C)C3)cc1OC. The van der Waals surface area contributed by atoms with Crippen molar-refractivity contribution < 1.29 is 14.3 Å². The lowest BCUT2D eigenvalue weighted by Gasteiger charge is -2.40. The van der Waals surface area contributed by atoms with Crippen LogP contribution in [0, 0.1) is 5.41 Å². The Labute approximate surface area is 196 Å². The van der Waals surface area contributed by atoms with Gasteiger partial charge in [0.1, 0.15) is 0 Å². The van der Waals surface area contributed by atoms with E-state index in [4.69, 9.17) is 9.47 Å². The minimum Gasteiger partial charge on any atom is -0.493 e. The highest BCUT2D eigenvalue weighted by atomic mass is 79.9. The topological polar surface area (TPSA) is 47.6 Å². The van der Waals surface area contributed by atoms with Crippen LogP contribution in [0.15, 0.2) is 58.6 Å². The van der Waals surface area contributed by atoms with Crippen LogP contribution in [0.3, 0.4) is 0 Å². The molecule has 1 heterocycles. The van der Waals surface area contributed by atoms with Gasteiger partial charge in [0, 0.05) is 27.7 Å². The smallest absolute Gasteiger partial charge is 0.162 e. The molecule has 4 nitrogen and oxygen atoms in total. The molecule has 0 radical (unpaired) electrons. The molecule has 0 saturated carbocycles. The van der Waals surface area contributed by atoms with Gasteiger partial charge in [-0.05, 0) is 51.9 Å². The highest BCUT2D eigenvalue weighted by molar-refractivity contribution is 9.10. The number of methoxy groups -OCH3 is 2. The van der Waals surface area contributed by atoms with Gasteiger partial charge in [-0.2, -0.15) is 0 Å². The Morgan fingerprint density at radius 2 is 1.72 bits per heavy atom. The van der Waals surface area contributed by atoms with Crippen molar-refractivity contribution in [3.05, 3.63) is 69.7 Å². The number of allylic oxidation sites excluding steroid dienone is 1. The van der Waals surface area contributed by atoms with Gasteiger partial charge in [-0.3, -0.25) is 4.79 Å².